The van der Waals surface area contributed by atoms with Gasteiger partial charge in [-0.05, 0) is 30.3 Å². The molecule has 0 bridgehead atoms. The number of nitrogens with zero attached hydrogens (tertiary/aromatic N) is 2. The van der Waals surface area contributed by atoms with Gasteiger partial charge in [-0.15, -0.1) is 0 Å². The first-order valence-corrected chi connectivity index (χ1v) is 6.80. The third-order valence-corrected chi connectivity index (χ3v) is 3.58. The minimum absolute atomic E-state index is 0.0730. The summed E-state index contributed by atoms with van der Waals surface area (Å²) in [6, 6.07) is 8.84. The molecule has 0 saturated carbocycles. The highest BCUT2D eigenvalue weighted by molar-refractivity contribution is 9.10. The molecule has 0 atom stereocenters. The number of benzene rings is 2. The first kappa shape index (κ1) is 13.4. The summed E-state index contributed by atoms with van der Waals surface area (Å²) >= 11 is 9.37. The molecule has 6 heteroatoms. The predicted molar refractivity (Wildman–Crippen MR) is 77.6 cm³/mol. The van der Waals surface area contributed by atoms with Gasteiger partial charge in [-0.1, -0.05) is 33.6 Å². The standard InChI is InChI=1S/C14H6BrClF2N2/c15-7-4-5-8-11(6-7)19-14(20-13(8)16)12-9(17)2-1-3-10(12)18/h1-6H. The van der Waals surface area contributed by atoms with Gasteiger partial charge in [0.2, 0.25) is 0 Å². The van der Waals surface area contributed by atoms with E-state index in [0.717, 1.165) is 16.6 Å². The van der Waals surface area contributed by atoms with E-state index in [0.29, 0.717) is 10.9 Å². The molecule has 0 fully saturated rings. The van der Waals surface area contributed by atoms with Crippen LogP contribution in [0.15, 0.2) is 40.9 Å². The van der Waals surface area contributed by atoms with Crippen molar-refractivity contribution in [3.63, 3.8) is 0 Å². The van der Waals surface area contributed by atoms with Crippen molar-refractivity contribution in [2.45, 2.75) is 0 Å². The van der Waals surface area contributed by atoms with E-state index in [4.69, 9.17) is 11.6 Å². The minimum atomic E-state index is -0.726. The monoisotopic (exact) mass is 354 g/mol. The van der Waals surface area contributed by atoms with Gasteiger partial charge in [0.25, 0.3) is 0 Å². The highest BCUT2D eigenvalue weighted by Crippen LogP contribution is 2.29. The Bertz CT molecular complexity index is 803. The second kappa shape index (κ2) is 5.07. The lowest BCUT2D eigenvalue weighted by molar-refractivity contribution is 0.587. The van der Waals surface area contributed by atoms with Gasteiger partial charge in [0.1, 0.15) is 16.8 Å². The van der Waals surface area contributed by atoms with Gasteiger partial charge in [0.05, 0.1) is 11.1 Å². The van der Waals surface area contributed by atoms with Crippen molar-refractivity contribution in [1.29, 1.82) is 0 Å². The molecule has 0 N–H and O–H groups in total. The summed E-state index contributed by atoms with van der Waals surface area (Å²) in [5.74, 6) is -1.53. The Hall–Kier alpha value is -1.59. The fraction of sp³-hybridized carbons (Fsp3) is 0. The fourth-order valence-corrected chi connectivity index (χ4v) is 2.48. The van der Waals surface area contributed by atoms with Gasteiger partial charge in [-0.2, -0.15) is 0 Å². The maximum Gasteiger partial charge on any atom is 0.167 e. The van der Waals surface area contributed by atoms with Crippen molar-refractivity contribution in [2.75, 3.05) is 0 Å². The van der Waals surface area contributed by atoms with Crippen LogP contribution in [0.1, 0.15) is 0 Å². The molecule has 1 aromatic heterocycles. The largest absolute Gasteiger partial charge is 0.228 e. The first-order chi connectivity index (χ1) is 9.56. The Morgan fingerprint density at radius 1 is 1.00 bits per heavy atom. The Labute approximate surface area is 126 Å². The molecule has 0 saturated heterocycles. The van der Waals surface area contributed by atoms with Gasteiger partial charge >= 0.3 is 0 Å². The summed E-state index contributed by atoms with van der Waals surface area (Å²) in [6.07, 6.45) is 0. The van der Waals surface area contributed by atoms with E-state index in [-0.39, 0.29) is 16.5 Å². The van der Waals surface area contributed by atoms with E-state index in [9.17, 15) is 8.78 Å². The molecule has 0 radical (unpaired) electrons. The summed E-state index contributed by atoms with van der Waals surface area (Å²) in [5, 5.41) is 0.774. The van der Waals surface area contributed by atoms with Crippen LogP contribution in [0.5, 0.6) is 0 Å². The average Bonchev–Trinajstić information content (AvgIpc) is 2.38. The van der Waals surface area contributed by atoms with E-state index < -0.39 is 11.6 Å². The van der Waals surface area contributed by atoms with Crippen LogP contribution < -0.4 is 0 Å². The van der Waals surface area contributed by atoms with E-state index >= 15 is 0 Å². The smallest absolute Gasteiger partial charge is 0.167 e. The Kier molecular flexibility index (Phi) is 3.40. The van der Waals surface area contributed by atoms with E-state index in [2.05, 4.69) is 25.9 Å². The number of fused-ring (bicyclic) bond motifs is 1. The van der Waals surface area contributed by atoms with Crippen molar-refractivity contribution >= 4 is 38.4 Å². The molecule has 3 rings (SSSR count). The molecule has 0 unspecified atom stereocenters. The number of halogens is 4. The van der Waals surface area contributed by atoms with Crippen LogP contribution in [-0.4, -0.2) is 9.97 Å². The molecule has 0 aliphatic heterocycles. The second-order valence-electron chi connectivity index (χ2n) is 4.10. The quantitative estimate of drug-likeness (QED) is 0.575. The normalized spacial score (nSPS) is 11.0. The zero-order chi connectivity index (χ0) is 14.3. The minimum Gasteiger partial charge on any atom is -0.228 e. The van der Waals surface area contributed by atoms with Crippen LogP contribution in [0, 0.1) is 11.6 Å². The van der Waals surface area contributed by atoms with E-state index in [1.54, 1.807) is 18.2 Å². The summed E-state index contributed by atoms with van der Waals surface area (Å²) in [4.78, 5) is 8.17. The summed E-state index contributed by atoms with van der Waals surface area (Å²) < 4.78 is 28.3. The van der Waals surface area contributed by atoms with Crippen molar-refractivity contribution in [3.8, 4) is 11.4 Å². The van der Waals surface area contributed by atoms with Crippen molar-refractivity contribution in [2.24, 2.45) is 0 Å². The van der Waals surface area contributed by atoms with Crippen molar-refractivity contribution in [3.05, 3.63) is 57.7 Å². The highest BCUT2D eigenvalue weighted by atomic mass is 79.9. The molecule has 100 valence electrons. The molecule has 2 nitrogen and oxygen atoms in total. The van der Waals surface area contributed by atoms with Crippen LogP contribution in [0.3, 0.4) is 0 Å². The highest BCUT2D eigenvalue weighted by Gasteiger charge is 2.16. The molecular formula is C14H6BrClF2N2. The van der Waals surface area contributed by atoms with Gasteiger partial charge in [0.15, 0.2) is 5.82 Å². The molecule has 3 aromatic rings. The molecule has 1 heterocycles. The third kappa shape index (κ3) is 2.27. The van der Waals surface area contributed by atoms with Crippen LogP contribution in [0.2, 0.25) is 5.15 Å². The SMILES string of the molecule is Fc1cccc(F)c1-c1nc(Cl)c2ccc(Br)cc2n1. The summed E-state index contributed by atoms with van der Waals surface area (Å²) in [5.41, 5.74) is 0.230. The Morgan fingerprint density at radius 3 is 2.40 bits per heavy atom. The zero-order valence-electron chi connectivity index (χ0n) is 9.87. The maximum absolute atomic E-state index is 13.8. The molecule has 0 spiro atoms. The zero-order valence-corrected chi connectivity index (χ0v) is 12.2. The lowest BCUT2D eigenvalue weighted by Crippen LogP contribution is -1.97. The van der Waals surface area contributed by atoms with Gasteiger partial charge in [0, 0.05) is 9.86 Å². The predicted octanol–water partition coefficient (Wildman–Crippen LogP) is 4.99. The van der Waals surface area contributed by atoms with Crippen LogP contribution in [0.25, 0.3) is 22.3 Å². The van der Waals surface area contributed by atoms with Crippen LogP contribution in [0.4, 0.5) is 8.78 Å². The lowest BCUT2D eigenvalue weighted by atomic mass is 10.1. The molecule has 20 heavy (non-hydrogen) atoms. The second-order valence-corrected chi connectivity index (χ2v) is 5.37. The molecular weight excluding hydrogens is 350 g/mol. The molecule has 0 amide bonds. The molecule has 0 aliphatic carbocycles. The van der Waals surface area contributed by atoms with Gasteiger partial charge in [-0.3, -0.25) is 0 Å². The number of hydrogen-bond donors (Lipinski definition) is 0. The van der Waals surface area contributed by atoms with Crippen molar-refractivity contribution < 1.29 is 8.78 Å². The van der Waals surface area contributed by atoms with Gasteiger partial charge < -0.3 is 0 Å². The number of aromatic nitrogens is 2. The third-order valence-electron chi connectivity index (χ3n) is 2.80. The number of hydrogen-bond acceptors (Lipinski definition) is 2. The van der Waals surface area contributed by atoms with Crippen LogP contribution >= 0.6 is 27.5 Å². The molecule has 0 aliphatic rings. The van der Waals surface area contributed by atoms with Crippen molar-refractivity contribution in [1.82, 2.24) is 9.97 Å². The van der Waals surface area contributed by atoms with Gasteiger partial charge in [-0.25, -0.2) is 18.7 Å². The lowest BCUT2D eigenvalue weighted by Gasteiger charge is -2.06. The van der Waals surface area contributed by atoms with E-state index in [1.807, 2.05) is 0 Å². The topological polar surface area (TPSA) is 25.8 Å². The fourth-order valence-electron chi connectivity index (χ4n) is 1.89. The Balaban J connectivity index is 2.32. The average molecular weight is 356 g/mol. The van der Waals surface area contributed by atoms with E-state index in [1.165, 1.54) is 6.07 Å². The Morgan fingerprint density at radius 2 is 1.70 bits per heavy atom. The molecule has 2 aromatic carbocycles. The summed E-state index contributed by atoms with van der Waals surface area (Å²) in [6.45, 7) is 0. The maximum atomic E-state index is 13.8. The summed E-state index contributed by atoms with van der Waals surface area (Å²) in [7, 11) is 0. The number of rotatable bonds is 1. The first-order valence-electron chi connectivity index (χ1n) is 5.63. The van der Waals surface area contributed by atoms with Crippen LogP contribution in [-0.2, 0) is 0 Å².